The van der Waals surface area contributed by atoms with Gasteiger partial charge in [0, 0.05) is 19.1 Å². The van der Waals surface area contributed by atoms with Crippen LogP contribution >= 0.6 is 0 Å². The van der Waals surface area contributed by atoms with Crippen molar-refractivity contribution >= 4 is 5.91 Å². The highest BCUT2D eigenvalue weighted by Gasteiger charge is 2.42. The van der Waals surface area contributed by atoms with E-state index in [4.69, 9.17) is 0 Å². The van der Waals surface area contributed by atoms with Crippen LogP contribution in [0.1, 0.15) is 44.1 Å². The Kier molecular flexibility index (Phi) is 7.27. The predicted octanol–water partition coefficient (Wildman–Crippen LogP) is 2.00. The summed E-state index contributed by atoms with van der Waals surface area (Å²) in [4.78, 5) is 17.9. The minimum absolute atomic E-state index is 0.180. The van der Waals surface area contributed by atoms with Crippen molar-refractivity contribution in [2.24, 2.45) is 0 Å². The van der Waals surface area contributed by atoms with Crippen molar-refractivity contribution in [1.82, 2.24) is 15.1 Å². The molecule has 2 aliphatic heterocycles. The Balaban J connectivity index is 1.55. The first-order valence-corrected chi connectivity index (χ1v) is 10.5. The molecule has 150 valence electrons. The molecular weight excluding hydrogens is 338 g/mol. The maximum absolute atomic E-state index is 13.2. The van der Waals surface area contributed by atoms with Crippen molar-refractivity contribution in [3.8, 4) is 0 Å². The summed E-state index contributed by atoms with van der Waals surface area (Å²) in [6, 6.07) is 10.6. The van der Waals surface area contributed by atoms with Crippen LogP contribution in [-0.2, 0) is 10.2 Å². The molecule has 1 aromatic carbocycles. The third kappa shape index (κ3) is 4.89. The quantitative estimate of drug-likeness (QED) is 0.718. The second kappa shape index (κ2) is 9.67. The highest BCUT2D eigenvalue weighted by Crippen LogP contribution is 2.35. The number of hydrogen-bond donors (Lipinski definition) is 2. The van der Waals surface area contributed by atoms with E-state index in [2.05, 4.69) is 34.3 Å². The molecule has 2 aliphatic rings. The van der Waals surface area contributed by atoms with Gasteiger partial charge in [-0.15, -0.1) is 0 Å². The summed E-state index contributed by atoms with van der Waals surface area (Å²) in [7, 11) is 2.13. The summed E-state index contributed by atoms with van der Waals surface area (Å²) in [5, 5.41) is 12.8. The first kappa shape index (κ1) is 20.3. The van der Waals surface area contributed by atoms with E-state index in [-0.39, 0.29) is 12.5 Å². The van der Waals surface area contributed by atoms with E-state index in [1.54, 1.807) is 0 Å². The topological polar surface area (TPSA) is 55.8 Å². The third-order valence-corrected chi connectivity index (χ3v) is 6.47. The fourth-order valence-corrected chi connectivity index (χ4v) is 4.62. The summed E-state index contributed by atoms with van der Waals surface area (Å²) in [6.07, 6.45) is 6.20. The first-order valence-electron chi connectivity index (χ1n) is 10.5. The summed E-state index contributed by atoms with van der Waals surface area (Å²) in [5.41, 5.74) is 0.749. The van der Waals surface area contributed by atoms with Gasteiger partial charge in [0.1, 0.15) is 0 Å². The highest BCUT2D eigenvalue weighted by molar-refractivity contribution is 5.88. The Morgan fingerprint density at radius 3 is 2.63 bits per heavy atom. The molecule has 0 aromatic heterocycles. The van der Waals surface area contributed by atoms with Crippen LogP contribution in [0.15, 0.2) is 30.3 Å². The SMILES string of the molecule is CN1CCC(C(=O)NCCCN2CCCC[C@@H]2CO)(c2ccccc2)CC1. The van der Waals surface area contributed by atoms with Gasteiger partial charge in [0.15, 0.2) is 0 Å². The Morgan fingerprint density at radius 2 is 1.93 bits per heavy atom. The van der Waals surface area contributed by atoms with E-state index in [0.29, 0.717) is 12.6 Å². The number of aliphatic hydroxyl groups excluding tert-OH is 1. The van der Waals surface area contributed by atoms with Crippen molar-refractivity contribution in [1.29, 1.82) is 0 Å². The van der Waals surface area contributed by atoms with Crippen LogP contribution in [0.5, 0.6) is 0 Å². The van der Waals surface area contributed by atoms with E-state index < -0.39 is 5.41 Å². The molecule has 2 N–H and O–H groups in total. The van der Waals surface area contributed by atoms with Gasteiger partial charge in [-0.2, -0.15) is 0 Å². The Hall–Kier alpha value is -1.43. The lowest BCUT2D eigenvalue weighted by Gasteiger charge is -2.40. The van der Waals surface area contributed by atoms with Gasteiger partial charge in [0.25, 0.3) is 0 Å². The fourth-order valence-electron chi connectivity index (χ4n) is 4.62. The number of piperidine rings is 2. The summed E-state index contributed by atoms with van der Waals surface area (Å²) >= 11 is 0. The molecule has 0 aliphatic carbocycles. The number of benzene rings is 1. The molecule has 5 heteroatoms. The molecule has 5 nitrogen and oxygen atoms in total. The molecule has 0 radical (unpaired) electrons. The maximum Gasteiger partial charge on any atom is 0.230 e. The Labute approximate surface area is 163 Å². The number of likely N-dealkylation sites (tertiary alicyclic amines) is 2. The van der Waals surface area contributed by atoms with Gasteiger partial charge in [-0.25, -0.2) is 0 Å². The molecule has 1 amide bonds. The molecule has 0 unspecified atom stereocenters. The molecule has 2 fully saturated rings. The van der Waals surface area contributed by atoms with Crippen LogP contribution in [0.3, 0.4) is 0 Å². The predicted molar refractivity (Wildman–Crippen MR) is 109 cm³/mol. The number of hydrogen-bond acceptors (Lipinski definition) is 4. The van der Waals surface area contributed by atoms with E-state index >= 15 is 0 Å². The van der Waals surface area contributed by atoms with Crippen LogP contribution in [-0.4, -0.2) is 73.2 Å². The Morgan fingerprint density at radius 1 is 1.19 bits per heavy atom. The standard InChI is InChI=1S/C22H35N3O2/c1-24-16-11-22(12-17-24,19-8-3-2-4-9-19)21(27)23-13-7-15-25-14-6-5-10-20(25)18-26/h2-4,8-9,20,26H,5-7,10-18H2,1H3,(H,23,27)/t20-/m1/s1. The molecular formula is C22H35N3O2. The minimum atomic E-state index is -0.396. The molecule has 0 bridgehead atoms. The monoisotopic (exact) mass is 373 g/mol. The fraction of sp³-hybridized carbons (Fsp3) is 0.682. The molecule has 3 rings (SSSR count). The van der Waals surface area contributed by atoms with Crippen molar-refractivity contribution in [2.75, 3.05) is 46.4 Å². The number of amides is 1. The van der Waals surface area contributed by atoms with E-state index in [0.717, 1.165) is 57.4 Å². The van der Waals surface area contributed by atoms with Gasteiger partial charge in [0.05, 0.1) is 12.0 Å². The van der Waals surface area contributed by atoms with Crippen molar-refractivity contribution < 1.29 is 9.90 Å². The van der Waals surface area contributed by atoms with Gasteiger partial charge in [-0.1, -0.05) is 36.8 Å². The van der Waals surface area contributed by atoms with Gasteiger partial charge in [-0.05, 0) is 64.3 Å². The van der Waals surface area contributed by atoms with E-state index in [1.165, 1.54) is 12.8 Å². The zero-order chi connectivity index (χ0) is 19.1. The average molecular weight is 374 g/mol. The number of nitrogens with zero attached hydrogens (tertiary/aromatic N) is 2. The van der Waals surface area contributed by atoms with Crippen molar-refractivity contribution in [2.45, 2.75) is 50.0 Å². The highest BCUT2D eigenvalue weighted by atomic mass is 16.3. The molecule has 1 atom stereocenters. The zero-order valence-electron chi connectivity index (χ0n) is 16.7. The first-order chi connectivity index (χ1) is 13.2. The van der Waals surface area contributed by atoms with E-state index in [1.807, 2.05) is 18.2 Å². The molecule has 2 heterocycles. The Bertz CT molecular complexity index is 584. The van der Waals surface area contributed by atoms with Gasteiger partial charge >= 0.3 is 0 Å². The van der Waals surface area contributed by atoms with Crippen LogP contribution in [0, 0.1) is 0 Å². The summed E-state index contributed by atoms with van der Waals surface area (Å²) < 4.78 is 0. The van der Waals surface area contributed by atoms with Crippen LogP contribution < -0.4 is 5.32 Å². The molecule has 0 saturated carbocycles. The lowest BCUT2D eigenvalue weighted by molar-refractivity contribution is -0.128. The lowest BCUT2D eigenvalue weighted by atomic mass is 9.72. The largest absolute Gasteiger partial charge is 0.395 e. The number of rotatable bonds is 7. The maximum atomic E-state index is 13.2. The summed E-state index contributed by atoms with van der Waals surface area (Å²) in [5.74, 6) is 0.180. The number of aliphatic hydroxyl groups is 1. The smallest absolute Gasteiger partial charge is 0.230 e. The molecule has 1 aromatic rings. The normalized spacial score (nSPS) is 23.9. The van der Waals surface area contributed by atoms with Crippen LogP contribution in [0.25, 0.3) is 0 Å². The number of carbonyl (C=O) groups excluding carboxylic acids is 1. The van der Waals surface area contributed by atoms with Crippen molar-refractivity contribution in [3.63, 3.8) is 0 Å². The average Bonchev–Trinajstić information content (AvgIpc) is 2.72. The lowest BCUT2D eigenvalue weighted by Crippen LogP contribution is -2.51. The van der Waals surface area contributed by atoms with Gasteiger partial charge in [0.2, 0.25) is 5.91 Å². The number of nitrogens with one attached hydrogen (secondary N) is 1. The summed E-state index contributed by atoms with van der Waals surface area (Å²) in [6.45, 7) is 4.88. The van der Waals surface area contributed by atoms with E-state index in [9.17, 15) is 9.90 Å². The van der Waals surface area contributed by atoms with Crippen LogP contribution in [0.4, 0.5) is 0 Å². The second-order valence-electron chi connectivity index (χ2n) is 8.23. The molecule has 2 saturated heterocycles. The number of carbonyl (C=O) groups is 1. The minimum Gasteiger partial charge on any atom is -0.395 e. The van der Waals surface area contributed by atoms with Crippen LogP contribution in [0.2, 0.25) is 0 Å². The zero-order valence-corrected chi connectivity index (χ0v) is 16.7. The molecule has 0 spiro atoms. The van der Waals surface area contributed by atoms with Gasteiger partial charge in [-0.3, -0.25) is 9.69 Å². The third-order valence-electron chi connectivity index (χ3n) is 6.47. The van der Waals surface area contributed by atoms with Crippen molar-refractivity contribution in [3.05, 3.63) is 35.9 Å². The molecule has 27 heavy (non-hydrogen) atoms. The van der Waals surface area contributed by atoms with Gasteiger partial charge < -0.3 is 15.3 Å². The second-order valence-corrected chi connectivity index (χ2v) is 8.23.